The zero-order valence-corrected chi connectivity index (χ0v) is 11.7. The molecule has 18 heavy (non-hydrogen) atoms. The van der Waals surface area contributed by atoms with Crippen LogP contribution < -0.4 is 0 Å². The van der Waals surface area contributed by atoms with Gasteiger partial charge in [0.15, 0.2) is 0 Å². The number of halogens is 1. The summed E-state index contributed by atoms with van der Waals surface area (Å²) in [5.74, 6) is -0.730. The molecule has 1 aromatic rings. The molecule has 0 atom stereocenters. The summed E-state index contributed by atoms with van der Waals surface area (Å²) in [5.41, 5.74) is 0.503. The number of rotatable bonds is 5. The van der Waals surface area contributed by atoms with Gasteiger partial charge in [0.2, 0.25) is 0 Å². The van der Waals surface area contributed by atoms with E-state index in [2.05, 4.69) is 15.9 Å². The van der Waals surface area contributed by atoms with E-state index in [9.17, 15) is 9.59 Å². The van der Waals surface area contributed by atoms with Crippen LogP contribution in [-0.2, 0) is 11.8 Å². The molecular weight excluding hydrogens is 300 g/mol. The van der Waals surface area contributed by atoms with E-state index in [1.807, 2.05) is 0 Å². The number of carboxylic acid groups (broad SMARTS) is 1. The monoisotopic (exact) mass is 314 g/mol. The number of carbonyl (C=O) groups excluding carboxylic acids is 1. The Labute approximate surface area is 114 Å². The van der Waals surface area contributed by atoms with Crippen molar-refractivity contribution in [3.63, 3.8) is 0 Å². The van der Waals surface area contributed by atoms with E-state index in [1.54, 1.807) is 23.9 Å². The molecular formula is C12H15BrN2O3. The van der Waals surface area contributed by atoms with Crippen molar-refractivity contribution >= 4 is 27.8 Å². The van der Waals surface area contributed by atoms with Crippen LogP contribution in [0.25, 0.3) is 0 Å². The topological polar surface area (TPSA) is 62.5 Å². The first-order chi connectivity index (χ1) is 8.47. The van der Waals surface area contributed by atoms with Crippen LogP contribution in [0.2, 0.25) is 0 Å². The fourth-order valence-electron chi connectivity index (χ4n) is 1.89. The van der Waals surface area contributed by atoms with Gasteiger partial charge in [-0.05, 0) is 40.8 Å². The average Bonchev–Trinajstić information content (AvgIpc) is 3.01. The van der Waals surface area contributed by atoms with E-state index >= 15 is 0 Å². The molecule has 0 spiro atoms. The van der Waals surface area contributed by atoms with Crippen LogP contribution in [0.3, 0.4) is 0 Å². The van der Waals surface area contributed by atoms with E-state index in [0.717, 1.165) is 17.3 Å². The van der Waals surface area contributed by atoms with Crippen molar-refractivity contribution in [1.29, 1.82) is 0 Å². The van der Waals surface area contributed by atoms with Gasteiger partial charge in [0.1, 0.15) is 12.2 Å². The van der Waals surface area contributed by atoms with Gasteiger partial charge in [-0.25, -0.2) is 0 Å². The van der Waals surface area contributed by atoms with Crippen LogP contribution in [0.1, 0.15) is 23.3 Å². The second-order valence-electron chi connectivity index (χ2n) is 4.68. The standard InChI is InChI=1S/C12H15BrN2O3/c1-14-6-9(13)4-10(14)12(18)15(7-11(16)17)5-8-2-3-8/h4,6,8H,2-3,5,7H2,1H3,(H,16,17). The fraction of sp³-hybridized carbons (Fsp3) is 0.500. The molecule has 2 rings (SSSR count). The summed E-state index contributed by atoms with van der Waals surface area (Å²) in [6.45, 7) is 0.298. The third-order valence-corrected chi connectivity index (χ3v) is 3.41. The Hall–Kier alpha value is -1.30. The van der Waals surface area contributed by atoms with E-state index < -0.39 is 5.97 Å². The van der Waals surface area contributed by atoms with Crippen molar-refractivity contribution in [2.24, 2.45) is 13.0 Å². The number of hydrogen-bond acceptors (Lipinski definition) is 2. The lowest BCUT2D eigenvalue weighted by molar-refractivity contribution is -0.137. The molecule has 98 valence electrons. The zero-order chi connectivity index (χ0) is 13.3. The summed E-state index contributed by atoms with van der Waals surface area (Å²) in [4.78, 5) is 24.5. The minimum absolute atomic E-state index is 0.225. The van der Waals surface area contributed by atoms with Gasteiger partial charge in [-0.1, -0.05) is 0 Å². The van der Waals surface area contributed by atoms with Crippen LogP contribution >= 0.6 is 15.9 Å². The molecule has 0 unspecified atom stereocenters. The normalized spacial score (nSPS) is 14.6. The Balaban J connectivity index is 2.15. The Morgan fingerprint density at radius 1 is 1.56 bits per heavy atom. The van der Waals surface area contributed by atoms with E-state index in [1.165, 1.54) is 4.90 Å². The third kappa shape index (κ3) is 3.13. The first-order valence-electron chi connectivity index (χ1n) is 5.80. The summed E-state index contributed by atoms with van der Waals surface area (Å²) in [5, 5.41) is 8.88. The van der Waals surface area contributed by atoms with Gasteiger partial charge in [-0.3, -0.25) is 9.59 Å². The predicted octanol–water partition coefficient (Wildman–Crippen LogP) is 1.72. The van der Waals surface area contributed by atoms with Gasteiger partial charge in [0, 0.05) is 24.3 Å². The van der Waals surface area contributed by atoms with E-state index in [4.69, 9.17) is 5.11 Å². The Morgan fingerprint density at radius 3 is 2.67 bits per heavy atom. The molecule has 0 saturated heterocycles. The maximum Gasteiger partial charge on any atom is 0.323 e. The molecule has 1 aliphatic carbocycles. The molecule has 0 aromatic carbocycles. The summed E-state index contributed by atoms with van der Waals surface area (Å²) < 4.78 is 2.52. The number of amides is 1. The fourth-order valence-corrected chi connectivity index (χ4v) is 2.42. The van der Waals surface area contributed by atoms with Crippen LogP contribution in [0.15, 0.2) is 16.7 Å². The van der Waals surface area contributed by atoms with Gasteiger partial charge < -0.3 is 14.6 Å². The van der Waals surface area contributed by atoms with Crippen molar-refractivity contribution in [2.45, 2.75) is 12.8 Å². The minimum Gasteiger partial charge on any atom is -0.480 e. The lowest BCUT2D eigenvalue weighted by Gasteiger charge is -2.20. The van der Waals surface area contributed by atoms with Crippen molar-refractivity contribution in [3.05, 3.63) is 22.4 Å². The second-order valence-corrected chi connectivity index (χ2v) is 5.59. The number of aryl methyl sites for hydroxylation is 1. The molecule has 1 aromatic heterocycles. The molecule has 0 radical (unpaired) electrons. The quantitative estimate of drug-likeness (QED) is 0.900. The van der Waals surface area contributed by atoms with Crippen LogP contribution in [0.4, 0.5) is 0 Å². The van der Waals surface area contributed by atoms with Crippen LogP contribution in [0, 0.1) is 5.92 Å². The number of aromatic nitrogens is 1. The smallest absolute Gasteiger partial charge is 0.323 e. The van der Waals surface area contributed by atoms with Crippen molar-refractivity contribution in [3.8, 4) is 0 Å². The van der Waals surface area contributed by atoms with E-state index in [0.29, 0.717) is 18.2 Å². The summed E-state index contributed by atoms with van der Waals surface area (Å²) >= 11 is 3.31. The summed E-state index contributed by atoms with van der Waals surface area (Å²) in [6, 6.07) is 1.71. The highest BCUT2D eigenvalue weighted by Gasteiger charge is 2.29. The molecule has 5 nitrogen and oxygen atoms in total. The van der Waals surface area contributed by atoms with Gasteiger partial charge in [0.05, 0.1) is 0 Å². The second kappa shape index (κ2) is 5.14. The molecule has 0 aliphatic heterocycles. The first-order valence-corrected chi connectivity index (χ1v) is 6.59. The molecule has 1 saturated carbocycles. The van der Waals surface area contributed by atoms with Gasteiger partial charge in [-0.15, -0.1) is 0 Å². The summed E-state index contributed by atoms with van der Waals surface area (Å²) in [7, 11) is 1.77. The lowest BCUT2D eigenvalue weighted by atomic mass is 10.3. The predicted molar refractivity (Wildman–Crippen MR) is 69.4 cm³/mol. The molecule has 6 heteroatoms. The molecule has 1 heterocycles. The number of aliphatic carboxylic acids is 1. The number of carbonyl (C=O) groups is 2. The Bertz CT molecular complexity index is 480. The first kappa shape index (κ1) is 13.1. The van der Waals surface area contributed by atoms with Crippen LogP contribution in [-0.4, -0.2) is 39.5 Å². The van der Waals surface area contributed by atoms with Crippen LogP contribution in [0.5, 0.6) is 0 Å². The van der Waals surface area contributed by atoms with Gasteiger partial charge in [0.25, 0.3) is 5.91 Å². The Kier molecular flexibility index (Phi) is 3.75. The third-order valence-electron chi connectivity index (χ3n) is 2.98. The highest BCUT2D eigenvalue weighted by atomic mass is 79.9. The highest BCUT2D eigenvalue weighted by molar-refractivity contribution is 9.10. The minimum atomic E-state index is -0.975. The van der Waals surface area contributed by atoms with Gasteiger partial charge >= 0.3 is 5.97 Å². The number of nitrogens with zero attached hydrogens (tertiary/aromatic N) is 2. The van der Waals surface area contributed by atoms with E-state index in [-0.39, 0.29) is 12.5 Å². The van der Waals surface area contributed by atoms with Crippen molar-refractivity contribution in [1.82, 2.24) is 9.47 Å². The summed E-state index contributed by atoms with van der Waals surface area (Å²) in [6.07, 6.45) is 3.95. The number of hydrogen-bond donors (Lipinski definition) is 1. The SMILES string of the molecule is Cn1cc(Br)cc1C(=O)N(CC(=O)O)CC1CC1. The van der Waals surface area contributed by atoms with Crippen molar-refractivity contribution in [2.75, 3.05) is 13.1 Å². The maximum absolute atomic E-state index is 12.3. The largest absolute Gasteiger partial charge is 0.480 e. The lowest BCUT2D eigenvalue weighted by Crippen LogP contribution is -2.38. The highest BCUT2D eigenvalue weighted by Crippen LogP contribution is 2.30. The molecule has 1 fully saturated rings. The maximum atomic E-state index is 12.3. The molecule has 1 amide bonds. The van der Waals surface area contributed by atoms with Gasteiger partial charge in [-0.2, -0.15) is 0 Å². The molecule has 1 N–H and O–H groups in total. The Morgan fingerprint density at radius 2 is 2.22 bits per heavy atom. The zero-order valence-electron chi connectivity index (χ0n) is 10.1. The molecule has 0 bridgehead atoms. The molecule has 1 aliphatic rings. The average molecular weight is 315 g/mol. The van der Waals surface area contributed by atoms with Crippen molar-refractivity contribution < 1.29 is 14.7 Å². The number of carboxylic acids is 1.